The van der Waals surface area contributed by atoms with E-state index in [0.717, 1.165) is 30.2 Å². The lowest BCUT2D eigenvalue weighted by molar-refractivity contribution is -0.913. The SMILES string of the molecule is CCCC[N+]1(C)CCN(C[C@@H]2C(=O)Nc3ccccc3S[C@@H]2c2ccccc2)CC1.[Br-]. The van der Waals surface area contributed by atoms with Gasteiger partial charge in [0.1, 0.15) is 0 Å². The number of nitrogens with one attached hydrogen (secondary N) is 1. The molecule has 2 aromatic carbocycles. The van der Waals surface area contributed by atoms with E-state index in [9.17, 15) is 4.79 Å². The van der Waals surface area contributed by atoms with Crippen molar-refractivity contribution < 1.29 is 26.3 Å². The average molecular weight is 505 g/mol. The topological polar surface area (TPSA) is 32.3 Å². The lowest BCUT2D eigenvalue weighted by Crippen LogP contribution is -3.00. The summed E-state index contributed by atoms with van der Waals surface area (Å²) in [7, 11) is 2.39. The first-order valence-corrected chi connectivity index (χ1v) is 12.1. The number of carbonyl (C=O) groups excluding carboxylic acids is 1. The fraction of sp³-hybridized carbons (Fsp3) is 0.480. The number of rotatable bonds is 6. The fourth-order valence-electron chi connectivity index (χ4n) is 4.59. The lowest BCUT2D eigenvalue weighted by atomic mass is 9.96. The molecule has 1 amide bonds. The van der Waals surface area contributed by atoms with Crippen molar-refractivity contribution in [2.75, 3.05) is 51.6 Å². The summed E-state index contributed by atoms with van der Waals surface area (Å²) in [5.74, 6) is 0.0763. The number of anilines is 1. The summed E-state index contributed by atoms with van der Waals surface area (Å²) in [6, 6.07) is 18.7. The standard InChI is InChI=1S/C25H33N3OS.BrH/c1-3-4-16-28(2)17-14-27(15-18-28)19-21-24(20-10-6-5-7-11-20)30-23-13-9-8-12-22(23)26-25(21)29;/h5-13,21,24H,3-4,14-19H2,1-2H3;1H/t21-,24+;/m0./s1. The largest absolute Gasteiger partial charge is 1.00 e. The van der Waals surface area contributed by atoms with Crippen LogP contribution in [-0.2, 0) is 4.79 Å². The third-order valence-electron chi connectivity index (χ3n) is 6.65. The van der Waals surface area contributed by atoms with Gasteiger partial charge in [-0.2, -0.15) is 0 Å². The maximum absolute atomic E-state index is 13.3. The van der Waals surface area contributed by atoms with E-state index in [-0.39, 0.29) is 34.1 Å². The van der Waals surface area contributed by atoms with Gasteiger partial charge in [-0.1, -0.05) is 55.8 Å². The Morgan fingerprint density at radius 3 is 2.45 bits per heavy atom. The number of amides is 1. The van der Waals surface area contributed by atoms with E-state index < -0.39 is 0 Å². The second kappa shape index (κ2) is 11.0. The van der Waals surface area contributed by atoms with Crippen LogP contribution in [0.15, 0.2) is 59.5 Å². The normalized spacial score (nSPS) is 23.2. The number of piperazine rings is 1. The molecule has 1 saturated heterocycles. The third kappa shape index (κ3) is 5.92. The van der Waals surface area contributed by atoms with Crippen LogP contribution in [0.5, 0.6) is 0 Å². The summed E-state index contributed by atoms with van der Waals surface area (Å²) in [4.78, 5) is 17.0. The molecule has 0 aliphatic carbocycles. The number of carbonyl (C=O) groups is 1. The first-order chi connectivity index (χ1) is 14.6. The van der Waals surface area contributed by atoms with Crippen molar-refractivity contribution in [2.24, 2.45) is 5.92 Å². The molecule has 4 rings (SSSR count). The Balaban J connectivity index is 0.00000272. The van der Waals surface area contributed by atoms with Crippen LogP contribution in [0.25, 0.3) is 0 Å². The monoisotopic (exact) mass is 503 g/mol. The van der Waals surface area contributed by atoms with Gasteiger partial charge < -0.3 is 26.8 Å². The van der Waals surface area contributed by atoms with Crippen LogP contribution in [0.1, 0.15) is 30.6 Å². The van der Waals surface area contributed by atoms with Gasteiger partial charge in [-0.3, -0.25) is 9.69 Å². The third-order valence-corrected chi connectivity index (χ3v) is 8.11. The van der Waals surface area contributed by atoms with Crippen LogP contribution in [0, 0.1) is 5.92 Å². The van der Waals surface area contributed by atoms with Crippen molar-refractivity contribution in [2.45, 2.75) is 29.9 Å². The van der Waals surface area contributed by atoms with Crippen LogP contribution in [0.4, 0.5) is 5.69 Å². The van der Waals surface area contributed by atoms with Gasteiger partial charge in [0.05, 0.1) is 38.3 Å². The molecule has 2 heterocycles. The first-order valence-electron chi connectivity index (χ1n) is 11.3. The van der Waals surface area contributed by atoms with Crippen LogP contribution in [0.2, 0.25) is 0 Å². The zero-order chi connectivity index (χ0) is 21.0. The van der Waals surface area contributed by atoms with Crippen LogP contribution in [0.3, 0.4) is 0 Å². The molecule has 2 aromatic rings. The number of para-hydroxylation sites is 1. The van der Waals surface area contributed by atoms with E-state index in [0.29, 0.717) is 0 Å². The van der Waals surface area contributed by atoms with Gasteiger partial charge in [0.15, 0.2) is 0 Å². The summed E-state index contributed by atoms with van der Waals surface area (Å²) >= 11 is 1.83. The van der Waals surface area contributed by atoms with Gasteiger partial charge in [-0.25, -0.2) is 0 Å². The smallest absolute Gasteiger partial charge is 0.230 e. The van der Waals surface area contributed by atoms with Gasteiger partial charge in [0.25, 0.3) is 0 Å². The van der Waals surface area contributed by atoms with Crippen molar-refractivity contribution in [1.82, 2.24) is 4.90 Å². The summed E-state index contributed by atoms with van der Waals surface area (Å²) in [5, 5.41) is 3.34. The number of hydrogen-bond donors (Lipinski definition) is 1. The van der Waals surface area contributed by atoms with Crippen molar-refractivity contribution in [3.8, 4) is 0 Å². The van der Waals surface area contributed by atoms with Gasteiger partial charge in [0, 0.05) is 29.8 Å². The molecule has 6 heteroatoms. The molecule has 0 bridgehead atoms. The van der Waals surface area contributed by atoms with E-state index in [1.165, 1.54) is 42.5 Å². The molecule has 2 aliphatic rings. The van der Waals surface area contributed by atoms with Crippen molar-refractivity contribution >= 4 is 23.4 Å². The van der Waals surface area contributed by atoms with E-state index in [1.807, 2.05) is 30.0 Å². The second-order valence-corrected chi connectivity index (χ2v) is 10.2. The molecule has 2 aliphatic heterocycles. The molecule has 0 saturated carbocycles. The Labute approximate surface area is 201 Å². The Kier molecular flexibility index (Phi) is 8.62. The minimum absolute atomic E-state index is 0. The molecular weight excluding hydrogens is 470 g/mol. The number of halogens is 1. The Hall–Kier alpha value is -1.34. The number of benzene rings is 2. The van der Waals surface area contributed by atoms with Crippen molar-refractivity contribution in [3.63, 3.8) is 0 Å². The summed E-state index contributed by atoms with van der Waals surface area (Å²) < 4.78 is 1.17. The second-order valence-electron chi connectivity index (χ2n) is 8.99. The highest BCUT2D eigenvalue weighted by molar-refractivity contribution is 7.99. The van der Waals surface area contributed by atoms with Gasteiger partial charge in [0.2, 0.25) is 5.91 Å². The Morgan fingerprint density at radius 1 is 1.06 bits per heavy atom. The van der Waals surface area contributed by atoms with Crippen LogP contribution < -0.4 is 22.3 Å². The average Bonchev–Trinajstić information content (AvgIpc) is 2.91. The van der Waals surface area contributed by atoms with E-state index >= 15 is 0 Å². The molecule has 1 fully saturated rings. The number of thioether (sulfide) groups is 1. The maximum Gasteiger partial charge on any atom is 0.230 e. The Bertz CT molecular complexity index is 855. The molecule has 0 radical (unpaired) electrons. The van der Waals surface area contributed by atoms with E-state index in [4.69, 9.17) is 0 Å². The molecular formula is C25H34BrN3OS. The van der Waals surface area contributed by atoms with Crippen LogP contribution in [-0.4, -0.2) is 61.6 Å². The molecule has 1 N–H and O–H groups in total. The highest BCUT2D eigenvalue weighted by atomic mass is 79.9. The van der Waals surface area contributed by atoms with Gasteiger partial charge >= 0.3 is 0 Å². The number of likely N-dealkylation sites (N-methyl/N-ethyl adjacent to an activating group) is 1. The number of unbranched alkanes of at least 4 members (excludes halogenated alkanes) is 1. The van der Waals surface area contributed by atoms with E-state index in [1.54, 1.807) is 0 Å². The molecule has 168 valence electrons. The number of nitrogens with zero attached hydrogens (tertiary/aromatic N) is 2. The van der Waals surface area contributed by atoms with Crippen LogP contribution >= 0.6 is 11.8 Å². The number of quaternary nitrogens is 1. The summed E-state index contributed by atoms with van der Waals surface area (Å²) in [5.41, 5.74) is 2.18. The fourth-order valence-corrected chi connectivity index (χ4v) is 5.93. The minimum atomic E-state index is -0.0719. The van der Waals surface area contributed by atoms with Crippen molar-refractivity contribution in [1.29, 1.82) is 0 Å². The molecule has 0 unspecified atom stereocenters. The molecule has 0 aromatic heterocycles. The molecule has 4 nitrogen and oxygen atoms in total. The van der Waals surface area contributed by atoms with Crippen molar-refractivity contribution in [3.05, 3.63) is 60.2 Å². The predicted molar refractivity (Wildman–Crippen MR) is 126 cm³/mol. The first kappa shape index (κ1) is 24.3. The highest BCUT2D eigenvalue weighted by Gasteiger charge is 2.37. The zero-order valence-electron chi connectivity index (χ0n) is 18.6. The van der Waals surface area contributed by atoms with E-state index in [2.05, 4.69) is 60.6 Å². The summed E-state index contributed by atoms with van der Waals surface area (Å²) in [6.45, 7) is 8.86. The molecule has 31 heavy (non-hydrogen) atoms. The summed E-state index contributed by atoms with van der Waals surface area (Å²) in [6.07, 6.45) is 2.56. The van der Waals surface area contributed by atoms with Gasteiger partial charge in [-0.15, -0.1) is 11.8 Å². The molecule has 0 spiro atoms. The zero-order valence-corrected chi connectivity index (χ0v) is 21.0. The van der Waals surface area contributed by atoms with Gasteiger partial charge in [-0.05, 0) is 24.1 Å². The quantitative estimate of drug-likeness (QED) is 0.608. The predicted octanol–water partition coefficient (Wildman–Crippen LogP) is 1.65. The lowest BCUT2D eigenvalue weighted by Gasteiger charge is -2.43. The number of hydrogen-bond acceptors (Lipinski definition) is 3. The maximum atomic E-state index is 13.3. The Morgan fingerprint density at radius 2 is 1.74 bits per heavy atom. The number of fused-ring (bicyclic) bond motifs is 1. The minimum Gasteiger partial charge on any atom is -1.00 e. The highest BCUT2D eigenvalue weighted by Crippen LogP contribution is 2.46. The molecule has 2 atom stereocenters.